The van der Waals surface area contributed by atoms with E-state index in [1.54, 1.807) is 36.4 Å². The van der Waals surface area contributed by atoms with Crippen molar-refractivity contribution in [2.24, 2.45) is 0 Å². The lowest BCUT2D eigenvalue weighted by molar-refractivity contribution is -0.145. The molecular formula is C29H31F3N6O6. The van der Waals surface area contributed by atoms with Crippen LogP contribution in [0, 0.1) is 11.3 Å². The molecule has 12 nitrogen and oxygen atoms in total. The van der Waals surface area contributed by atoms with Crippen LogP contribution in [-0.4, -0.2) is 89.4 Å². The number of hydrogen-bond donors (Lipinski definition) is 1. The predicted molar refractivity (Wildman–Crippen MR) is 150 cm³/mol. The standard InChI is InChI=1S/C29H31F3N6O6/c1-19(17-43-18-23(39)27(40)37-11-9-36(10-12-37)25-8-5-21(13-33)14-34-25)44-24-15-35-38(28(41)26(24)29(30,31)32)16-20-3-6-22(42-2)7-4-20/h3-8,14-15,19,23,39H,9-12,16-18H2,1-2H3. The molecule has 1 saturated heterocycles. The number of nitriles is 1. The molecule has 2 unspecified atom stereocenters. The lowest BCUT2D eigenvalue weighted by Crippen LogP contribution is -2.52. The Morgan fingerprint density at radius 3 is 2.39 bits per heavy atom. The molecule has 234 valence electrons. The number of rotatable bonds is 11. The van der Waals surface area contributed by atoms with Crippen molar-refractivity contribution >= 4 is 11.7 Å². The Balaban J connectivity index is 1.28. The zero-order chi connectivity index (χ0) is 31.9. The third-order valence-electron chi connectivity index (χ3n) is 6.82. The molecule has 0 bridgehead atoms. The topological polar surface area (TPSA) is 143 Å². The van der Waals surface area contributed by atoms with Crippen LogP contribution < -0.4 is 19.9 Å². The van der Waals surface area contributed by atoms with Crippen LogP contribution >= 0.6 is 0 Å². The number of carbonyl (C=O) groups is 1. The summed E-state index contributed by atoms with van der Waals surface area (Å²) in [6.07, 6.45) is -5.18. The maximum absolute atomic E-state index is 13.9. The number of amides is 1. The second-order valence-corrected chi connectivity index (χ2v) is 10.0. The van der Waals surface area contributed by atoms with E-state index in [9.17, 15) is 27.9 Å². The van der Waals surface area contributed by atoms with Crippen LogP contribution in [0.1, 0.15) is 23.6 Å². The van der Waals surface area contributed by atoms with Gasteiger partial charge in [-0.1, -0.05) is 12.1 Å². The first-order chi connectivity index (χ1) is 21.0. The Morgan fingerprint density at radius 2 is 1.80 bits per heavy atom. The number of aliphatic hydroxyl groups excluding tert-OH is 1. The van der Waals surface area contributed by atoms with E-state index in [-0.39, 0.29) is 13.2 Å². The Hall–Kier alpha value is -4.68. The number of alkyl halides is 3. The number of nitrogens with zero attached hydrogens (tertiary/aromatic N) is 6. The van der Waals surface area contributed by atoms with Gasteiger partial charge in [-0.2, -0.15) is 23.5 Å². The third-order valence-corrected chi connectivity index (χ3v) is 6.82. The summed E-state index contributed by atoms with van der Waals surface area (Å²) in [5, 5.41) is 23.1. The number of halogens is 3. The maximum atomic E-state index is 13.9. The summed E-state index contributed by atoms with van der Waals surface area (Å²) in [6, 6.07) is 11.8. The molecule has 1 aliphatic rings. The Labute approximate surface area is 250 Å². The second kappa shape index (κ2) is 14.2. The highest BCUT2D eigenvalue weighted by Crippen LogP contribution is 2.33. The van der Waals surface area contributed by atoms with Gasteiger partial charge >= 0.3 is 6.18 Å². The average molecular weight is 617 g/mol. The number of aliphatic hydroxyl groups is 1. The molecule has 1 aromatic carbocycles. The Bertz CT molecular complexity index is 1520. The molecule has 1 amide bonds. The normalized spacial score (nSPS) is 14.9. The van der Waals surface area contributed by atoms with Crippen molar-refractivity contribution in [2.75, 3.05) is 51.4 Å². The number of ether oxygens (including phenoxy) is 3. The fourth-order valence-electron chi connectivity index (χ4n) is 4.51. The molecule has 0 spiro atoms. The van der Waals surface area contributed by atoms with Gasteiger partial charge in [0.2, 0.25) is 0 Å². The number of pyridine rings is 1. The Morgan fingerprint density at radius 1 is 1.09 bits per heavy atom. The quantitative estimate of drug-likeness (QED) is 0.340. The molecule has 2 atom stereocenters. The molecule has 1 N–H and O–H groups in total. The molecule has 1 fully saturated rings. The number of methoxy groups -OCH3 is 1. The zero-order valence-corrected chi connectivity index (χ0v) is 24.0. The minimum absolute atomic E-state index is 0.196. The first kappa shape index (κ1) is 32.2. The molecule has 4 rings (SSSR count). The summed E-state index contributed by atoms with van der Waals surface area (Å²) < 4.78 is 58.2. The fourth-order valence-corrected chi connectivity index (χ4v) is 4.51. The Kier molecular flexibility index (Phi) is 10.4. The van der Waals surface area contributed by atoms with Crippen molar-refractivity contribution in [1.82, 2.24) is 19.7 Å². The van der Waals surface area contributed by atoms with Crippen LogP contribution in [0.5, 0.6) is 11.5 Å². The minimum Gasteiger partial charge on any atom is -0.497 e. The van der Waals surface area contributed by atoms with E-state index in [4.69, 9.17) is 19.5 Å². The average Bonchev–Trinajstić information content (AvgIpc) is 3.01. The van der Waals surface area contributed by atoms with Gasteiger partial charge in [-0.3, -0.25) is 9.59 Å². The van der Waals surface area contributed by atoms with E-state index in [0.717, 1.165) is 6.20 Å². The third kappa shape index (κ3) is 8.03. The van der Waals surface area contributed by atoms with Gasteiger partial charge < -0.3 is 29.1 Å². The molecule has 2 aromatic heterocycles. The largest absolute Gasteiger partial charge is 0.497 e. The predicted octanol–water partition coefficient (Wildman–Crippen LogP) is 2.08. The first-order valence-electron chi connectivity index (χ1n) is 13.6. The molecule has 0 radical (unpaired) electrons. The van der Waals surface area contributed by atoms with Crippen molar-refractivity contribution in [3.63, 3.8) is 0 Å². The van der Waals surface area contributed by atoms with Crippen LogP contribution in [0.3, 0.4) is 0 Å². The molecule has 1 aliphatic heterocycles. The van der Waals surface area contributed by atoms with Gasteiger partial charge in [-0.15, -0.1) is 0 Å². The van der Waals surface area contributed by atoms with Gasteiger partial charge in [0.15, 0.2) is 17.4 Å². The van der Waals surface area contributed by atoms with Crippen LogP contribution in [-0.2, 0) is 22.3 Å². The van der Waals surface area contributed by atoms with E-state index in [1.807, 2.05) is 11.0 Å². The smallest absolute Gasteiger partial charge is 0.425 e. The van der Waals surface area contributed by atoms with Gasteiger partial charge in [0, 0.05) is 32.4 Å². The van der Waals surface area contributed by atoms with Crippen LogP contribution in [0.4, 0.5) is 19.0 Å². The molecule has 15 heteroatoms. The van der Waals surface area contributed by atoms with Gasteiger partial charge in [0.1, 0.15) is 23.7 Å². The van der Waals surface area contributed by atoms with E-state index in [1.165, 1.54) is 25.1 Å². The summed E-state index contributed by atoms with van der Waals surface area (Å²) in [5.74, 6) is -0.0723. The maximum Gasteiger partial charge on any atom is 0.425 e. The number of aromatic nitrogens is 3. The lowest BCUT2D eigenvalue weighted by Gasteiger charge is -2.36. The summed E-state index contributed by atoms with van der Waals surface area (Å²) >= 11 is 0. The van der Waals surface area contributed by atoms with Gasteiger partial charge in [0.25, 0.3) is 11.5 Å². The summed E-state index contributed by atoms with van der Waals surface area (Å²) in [7, 11) is 1.48. The number of piperazine rings is 1. The first-order valence-corrected chi connectivity index (χ1v) is 13.6. The minimum atomic E-state index is -5.01. The van der Waals surface area contributed by atoms with E-state index < -0.39 is 47.8 Å². The molecule has 0 aliphatic carbocycles. The molecule has 3 heterocycles. The van der Waals surface area contributed by atoms with E-state index >= 15 is 0 Å². The highest BCUT2D eigenvalue weighted by molar-refractivity contribution is 5.81. The van der Waals surface area contributed by atoms with Crippen molar-refractivity contribution in [3.8, 4) is 17.6 Å². The van der Waals surface area contributed by atoms with E-state index in [0.29, 0.717) is 53.6 Å². The molecule has 3 aromatic rings. The SMILES string of the molecule is COc1ccc(Cn2ncc(OC(C)COCC(O)C(=O)N3CCN(c4ccc(C#N)cn4)CC3)c(C(F)(F)F)c2=O)cc1. The van der Waals surface area contributed by atoms with Crippen molar-refractivity contribution in [2.45, 2.75) is 31.9 Å². The van der Waals surface area contributed by atoms with Crippen molar-refractivity contribution < 1.29 is 37.3 Å². The van der Waals surface area contributed by atoms with E-state index in [2.05, 4.69) is 10.1 Å². The number of carbonyl (C=O) groups excluding carboxylic acids is 1. The second-order valence-electron chi connectivity index (χ2n) is 10.0. The molecule has 0 saturated carbocycles. The summed E-state index contributed by atoms with van der Waals surface area (Å²) in [6.45, 7) is 2.15. The van der Waals surface area contributed by atoms with Crippen molar-refractivity contribution in [3.05, 3.63) is 75.8 Å². The van der Waals surface area contributed by atoms with Gasteiger partial charge in [-0.25, -0.2) is 9.67 Å². The van der Waals surface area contributed by atoms with Gasteiger partial charge in [0.05, 0.1) is 38.6 Å². The highest BCUT2D eigenvalue weighted by atomic mass is 19.4. The lowest BCUT2D eigenvalue weighted by atomic mass is 10.2. The number of benzene rings is 1. The molecular weight excluding hydrogens is 585 g/mol. The zero-order valence-electron chi connectivity index (χ0n) is 24.0. The summed E-state index contributed by atoms with van der Waals surface area (Å²) in [4.78, 5) is 33.1. The van der Waals surface area contributed by atoms with Crippen LogP contribution in [0.25, 0.3) is 0 Å². The molecule has 44 heavy (non-hydrogen) atoms. The van der Waals surface area contributed by atoms with Gasteiger partial charge in [-0.05, 0) is 36.8 Å². The highest BCUT2D eigenvalue weighted by Gasteiger charge is 2.39. The van der Waals surface area contributed by atoms with Crippen molar-refractivity contribution in [1.29, 1.82) is 5.26 Å². The van der Waals surface area contributed by atoms with Crippen LogP contribution in [0.15, 0.2) is 53.6 Å². The fraction of sp³-hybridized carbons (Fsp3) is 0.414. The number of hydrogen-bond acceptors (Lipinski definition) is 10. The monoisotopic (exact) mass is 616 g/mol. The number of anilines is 1. The summed E-state index contributed by atoms with van der Waals surface area (Å²) in [5.41, 5.74) is -1.88. The van der Waals surface area contributed by atoms with Crippen LogP contribution in [0.2, 0.25) is 0 Å².